The normalized spacial score (nSPS) is 14.3. The molecule has 0 aromatic heterocycles. The minimum absolute atomic E-state index is 0.244. The first-order valence-electron chi connectivity index (χ1n) is 6.11. The topological polar surface area (TPSA) is 92.9 Å². The number of carbonyl (C=O) groups is 2. The lowest BCUT2D eigenvalue weighted by molar-refractivity contribution is -0.133. The molecule has 18 heavy (non-hydrogen) atoms. The first kappa shape index (κ1) is 16.9. The first-order valence-corrected chi connectivity index (χ1v) is 6.11. The van der Waals surface area contributed by atoms with Crippen LogP contribution in [-0.2, 0) is 14.3 Å². The van der Waals surface area contributed by atoms with Gasteiger partial charge in [0.2, 0.25) is 12.3 Å². The van der Waals surface area contributed by atoms with Gasteiger partial charge >= 0.3 is 0 Å². The molecule has 0 heterocycles. The van der Waals surface area contributed by atoms with Gasteiger partial charge in [-0.3, -0.25) is 9.59 Å². The lowest BCUT2D eigenvalue weighted by Crippen LogP contribution is -2.50. The molecule has 0 fully saturated rings. The van der Waals surface area contributed by atoms with Crippen LogP contribution in [0.5, 0.6) is 0 Å². The summed E-state index contributed by atoms with van der Waals surface area (Å²) >= 11 is 0. The lowest BCUT2D eigenvalue weighted by atomic mass is 9.97. The molecule has 6 nitrogen and oxygen atoms in total. The number of nitrogens with two attached hydrogens (primary N) is 1. The van der Waals surface area contributed by atoms with Gasteiger partial charge in [0, 0.05) is 20.3 Å². The van der Waals surface area contributed by atoms with E-state index in [2.05, 4.69) is 0 Å². The van der Waals surface area contributed by atoms with E-state index in [4.69, 9.17) is 10.5 Å². The van der Waals surface area contributed by atoms with E-state index in [1.54, 1.807) is 7.11 Å². The summed E-state index contributed by atoms with van der Waals surface area (Å²) in [4.78, 5) is 23.6. The van der Waals surface area contributed by atoms with Crippen LogP contribution >= 0.6 is 0 Å². The van der Waals surface area contributed by atoms with Gasteiger partial charge in [0.05, 0.1) is 6.04 Å². The van der Waals surface area contributed by atoms with Crippen molar-refractivity contribution in [1.29, 1.82) is 0 Å². The van der Waals surface area contributed by atoms with Crippen LogP contribution in [-0.4, -0.2) is 54.7 Å². The Bertz CT molecular complexity index is 258. The minimum atomic E-state index is -1.33. The van der Waals surface area contributed by atoms with Crippen molar-refractivity contribution in [2.45, 2.75) is 38.8 Å². The second kappa shape index (κ2) is 8.88. The molecule has 0 saturated carbocycles. The van der Waals surface area contributed by atoms with E-state index in [9.17, 15) is 14.7 Å². The summed E-state index contributed by atoms with van der Waals surface area (Å²) in [6.07, 6.45) is 0.486. The number of nitrogens with zero attached hydrogens (tertiary/aromatic N) is 1. The number of aliphatic hydroxyl groups is 1. The van der Waals surface area contributed by atoms with Crippen molar-refractivity contribution in [2.24, 2.45) is 11.7 Å². The fourth-order valence-electron chi connectivity index (χ4n) is 1.81. The van der Waals surface area contributed by atoms with Crippen LogP contribution in [0.4, 0.5) is 0 Å². The highest BCUT2D eigenvalue weighted by Gasteiger charge is 2.29. The summed E-state index contributed by atoms with van der Waals surface area (Å²) in [6.45, 7) is 4.86. The molecule has 0 aromatic carbocycles. The predicted molar refractivity (Wildman–Crippen MR) is 67.7 cm³/mol. The monoisotopic (exact) mass is 260 g/mol. The molecule has 0 aliphatic rings. The molecule has 2 unspecified atom stereocenters. The summed E-state index contributed by atoms with van der Waals surface area (Å²) < 4.78 is 4.91. The number of carbonyl (C=O) groups excluding carboxylic acids is 2. The molecule has 2 amide bonds. The molecule has 0 aliphatic carbocycles. The van der Waals surface area contributed by atoms with Gasteiger partial charge in [0.15, 0.2) is 6.10 Å². The molecule has 0 radical (unpaired) electrons. The van der Waals surface area contributed by atoms with E-state index in [1.807, 2.05) is 13.8 Å². The van der Waals surface area contributed by atoms with Gasteiger partial charge in [-0.2, -0.15) is 0 Å². The van der Waals surface area contributed by atoms with E-state index in [1.165, 1.54) is 4.90 Å². The molecule has 2 atom stereocenters. The standard InChI is InChI=1S/C12H24N2O4/c1-9(2)7-10(11(16)12(13)17)14(8-15)5-4-6-18-3/h8-11,16H,4-7H2,1-3H3,(H2,13,17). The van der Waals surface area contributed by atoms with E-state index in [0.717, 1.165) is 0 Å². The average Bonchev–Trinajstić information content (AvgIpc) is 2.31. The van der Waals surface area contributed by atoms with Crippen molar-refractivity contribution in [1.82, 2.24) is 4.90 Å². The van der Waals surface area contributed by atoms with Crippen molar-refractivity contribution in [3.05, 3.63) is 0 Å². The predicted octanol–water partition coefficient (Wildman–Crippen LogP) is -0.258. The maximum Gasteiger partial charge on any atom is 0.248 e. The quantitative estimate of drug-likeness (QED) is 0.418. The summed E-state index contributed by atoms with van der Waals surface area (Å²) in [5.41, 5.74) is 5.10. The van der Waals surface area contributed by atoms with Crippen LogP contribution in [0.1, 0.15) is 26.7 Å². The number of rotatable bonds is 10. The van der Waals surface area contributed by atoms with Crippen molar-refractivity contribution in [2.75, 3.05) is 20.3 Å². The zero-order valence-corrected chi connectivity index (χ0v) is 11.3. The maximum absolute atomic E-state index is 11.1. The average molecular weight is 260 g/mol. The highest BCUT2D eigenvalue weighted by molar-refractivity contribution is 5.79. The maximum atomic E-state index is 11.1. The Kier molecular flexibility index (Phi) is 8.32. The third-order valence-corrected chi connectivity index (χ3v) is 2.70. The number of aliphatic hydroxyl groups excluding tert-OH is 1. The zero-order valence-electron chi connectivity index (χ0n) is 11.3. The molecule has 0 aromatic rings. The molecule has 106 valence electrons. The second-order valence-electron chi connectivity index (χ2n) is 4.73. The third kappa shape index (κ3) is 5.97. The number of hydrogen-bond acceptors (Lipinski definition) is 4. The SMILES string of the molecule is COCCCN(C=O)C(CC(C)C)C(O)C(N)=O. The number of amides is 2. The van der Waals surface area contributed by atoms with Gasteiger partial charge in [-0.1, -0.05) is 13.8 Å². The second-order valence-corrected chi connectivity index (χ2v) is 4.73. The molecule has 0 spiro atoms. The molecule has 0 bridgehead atoms. The Hall–Kier alpha value is -1.14. The number of primary amides is 1. The summed E-state index contributed by atoms with van der Waals surface area (Å²) in [6, 6.07) is -0.572. The molecular formula is C12H24N2O4. The summed E-state index contributed by atoms with van der Waals surface area (Å²) in [7, 11) is 1.58. The molecular weight excluding hydrogens is 236 g/mol. The van der Waals surface area contributed by atoms with E-state index in [0.29, 0.717) is 32.4 Å². The lowest BCUT2D eigenvalue weighted by Gasteiger charge is -2.32. The Morgan fingerprint density at radius 3 is 2.50 bits per heavy atom. The number of methoxy groups -OCH3 is 1. The van der Waals surface area contributed by atoms with Gasteiger partial charge in [-0.05, 0) is 18.8 Å². The molecule has 0 rings (SSSR count). The largest absolute Gasteiger partial charge is 0.385 e. The Morgan fingerprint density at radius 1 is 1.50 bits per heavy atom. The van der Waals surface area contributed by atoms with E-state index < -0.39 is 18.1 Å². The van der Waals surface area contributed by atoms with Gasteiger partial charge in [-0.15, -0.1) is 0 Å². The highest BCUT2D eigenvalue weighted by Crippen LogP contribution is 2.14. The van der Waals surface area contributed by atoms with Crippen LogP contribution in [0.25, 0.3) is 0 Å². The van der Waals surface area contributed by atoms with Crippen LogP contribution in [0, 0.1) is 5.92 Å². The fraction of sp³-hybridized carbons (Fsp3) is 0.833. The summed E-state index contributed by atoms with van der Waals surface area (Å²) in [5.74, 6) is -0.562. The van der Waals surface area contributed by atoms with Crippen LogP contribution in [0.15, 0.2) is 0 Å². The van der Waals surface area contributed by atoms with Gasteiger partial charge in [0.1, 0.15) is 0 Å². The molecule has 6 heteroatoms. The highest BCUT2D eigenvalue weighted by atomic mass is 16.5. The Balaban J connectivity index is 4.66. The van der Waals surface area contributed by atoms with Crippen molar-refractivity contribution >= 4 is 12.3 Å². The van der Waals surface area contributed by atoms with Gasteiger partial charge in [-0.25, -0.2) is 0 Å². The van der Waals surface area contributed by atoms with E-state index in [-0.39, 0.29) is 5.92 Å². The van der Waals surface area contributed by atoms with Crippen LogP contribution in [0.2, 0.25) is 0 Å². The summed E-state index contributed by atoms with van der Waals surface area (Å²) in [5, 5.41) is 9.79. The third-order valence-electron chi connectivity index (χ3n) is 2.70. The zero-order chi connectivity index (χ0) is 14.1. The van der Waals surface area contributed by atoms with Gasteiger partial charge in [0.25, 0.3) is 0 Å². The molecule has 3 N–H and O–H groups in total. The smallest absolute Gasteiger partial charge is 0.248 e. The Morgan fingerprint density at radius 2 is 2.11 bits per heavy atom. The number of hydrogen-bond donors (Lipinski definition) is 2. The molecule has 0 saturated heterocycles. The van der Waals surface area contributed by atoms with Crippen LogP contribution in [0.3, 0.4) is 0 Å². The van der Waals surface area contributed by atoms with E-state index >= 15 is 0 Å². The van der Waals surface area contributed by atoms with Crippen molar-refractivity contribution < 1.29 is 19.4 Å². The Labute approximate surface area is 108 Å². The molecule has 0 aliphatic heterocycles. The van der Waals surface area contributed by atoms with Crippen LogP contribution < -0.4 is 5.73 Å². The fourth-order valence-corrected chi connectivity index (χ4v) is 1.81. The van der Waals surface area contributed by atoms with Crippen molar-refractivity contribution in [3.63, 3.8) is 0 Å². The first-order chi connectivity index (χ1) is 8.43. The van der Waals surface area contributed by atoms with Gasteiger partial charge < -0.3 is 20.5 Å². The minimum Gasteiger partial charge on any atom is -0.385 e. The number of ether oxygens (including phenoxy) is 1. The van der Waals surface area contributed by atoms with Crippen molar-refractivity contribution in [3.8, 4) is 0 Å².